The number of halogens is 1. The molecule has 2 rings (SSSR count). The van der Waals surface area contributed by atoms with Crippen LogP contribution in [0, 0.1) is 0 Å². The third-order valence-corrected chi connectivity index (χ3v) is 1.75. The molecular formula is C8H4ClNO2. The number of pyridine rings is 1. The molecule has 0 unspecified atom stereocenters. The van der Waals surface area contributed by atoms with Gasteiger partial charge < -0.3 is 4.42 Å². The monoisotopic (exact) mass is 181 g/mol. The van der Waals surface area contributed by atoms with Crippen molar-refractivity contribution in [3.8, 4) is 0 Å². The molecule has 0 saturated heterocycles. The average Bonchev–Trinajstić information content (AvgIpc) is 2.07. The van der Waals surface area contributed by atoms with Gasteiger partial charge in [-0.25, -0.2) is 4.79 Å². The predicted octanol–water partition coefficient (Wildman–Crippen LogP) is 1.84. The summed E-state index contributed by atoms with van der Waals surface area (Å²) >= 11 is 5.55. The van der Waals surface area contributed by atoms with Crippen LogP contribution in [0.2, 0.25) is 5.02 Å². The summed E-state index contributed by atoms with van der Waals surface area (Å²) in [7, 11) is 0. The van der Waals surface area contributed by atoms with E-state index in [2.05, 4.69) is 4.98 Å². The number of hydrogen-bond donors (Lipinski definition) is 0. The van der Waals surface area contributed by atoms with Crippen molar-refractivity contribution in [1.82, 2.24) is 4.98 Å². The first-order valence-electron chi connectivity index (χ1n) is 3.31. The minimum Gasteiger partial charge on any atom is -0.422 e. The number of aromatic nitrogens is 1. The van der Waals surface area contributed by atoms with Gasteiger partial charge in [-0.05, 0) is 12.1 Å². The van der Waals surface area contributed by atoms with E-state index in [1.54, 1.807) is 18.5 Å². The SMILES string of the molecule is O=c1oc2ccncc2cc1Cl. The average molecular weight is 182 g/mol. The highest BCUT2D eigenvalue weighted by molar-refractivity contribution is 6.30. The Morgan fingerprint density at radius 1 is 1.50 bits per heavy atom. The molecule has 4 heteroatoms. The molecule has 0 radical (unpaired) electrons. The Bertz CT molecular complexity index is 478. The molecule has 0 aromatic carbocycles. The van der Waals surface area contributed by atoms with Gasteiger partial charge in [0.1, 0.15) is 10.6 Å². The quantitative estimate of drug-likeness (QED) is 0.623. The second kappa shape index (κ2) is 2.60. The maximum Gasteiger partial charge on any atom is 0.355 e. The van der Waals surface area contributed by atoms with Crippen molar-refractivity contribution < 1.29 is 4.42 Å². The van der Waals surface area contributed by atoms with Crippen LogP contribution in [0.3, 0.4) is 0 Å². The van der Waals surface area contributed by atoms with Crippen LogP contribution in [0.1, 0.15) is 0 Å². The molecule has 3 nitrogen and oxygen atoms in total. The number of fused-ring (bicyclic) bond motifs is 1. The van der Waals surface area contributed by atoms with E-state index in [0.717, 1.165) is 5.39 Å². The molecule has 0 aliphatic rings. The summed E-state index contributed by atoms with van der Waals surface area (Å²) in [5.74, 6) is 0. The number of nitrogens with zero attached hydrogens (tertiary/aromatic N) is 1. The molecule has 0 bridgehead atoms. The molecule has 0 saturated carbocycles. The highest BCUT2D eigenvalue weighted by Gasteiger charge is 2.00. The Morgan fingerprint density at radius 2 is 2.33 bits per heavy atom. The van der Waals surface area contributed by atoms with Gasteiger partial charge in [0.25, 0.3) is 0 Å². The van der Waals surface area contributed by atoms with Crippen molar-refractivity contribution in [1.29, 1.82) is 0 Å². The van der Waals surface area contributed by atoms with Gasteiger partial charge in [-0.15, -0.1) is 0 Å². The summed E-state index contributed by atoms with van der Waals surface area (Å²) in [5.41, 5.74) is -0.0187. The van der Waals surface area contributed by atoms with Gasteiger partial charge in [0, 0.05) is 17.8 Å². The lowest BCUT2D eigenvalue weighted by Crippen LogP contribution is -1.97. The van der Waals surface area contributed by atoms with Crippen LogP contribution in [0.15, 0.2) is 33.7 Å². The van der Waals surface area contributed by atoms with Crippen LogP contribution in [0.4, 0.5) is 0 Å². The minimum atomic E-state index is -0.518. The van der Waals surface area contributed by atoms with Crippen molar-refractivity contribution >= 4 is 22.6 Å². The molecule has 0 fully saturated rings. The summed E-state index contributed by atoms with van der Waals surface area (Å²) in [6.07, 6.45) is 3.14. The van der Waals surface area contributed by atoms with Crippen molar-refractivity contribution in [3.63, 3.8) is 0 Å². The maximum atomic E-state index is 10.9. The standard InChI is InChI=1S/C8H4ClNO2/c9-6-3-5-4-10-2-1-7(5)12-8(6)11/h1-4H. The van der Waals surface area contributed by atoms with E-state index in [4.69, 9.17) is 16.0 Å². The van der Waals surface area contributed by atoms with Crippen LogP contribution in [0.25, 0.3) is 11.0 Å². The van der Waals surface area contributed by atoms with Gasteiger partial charge in [0.2, 0.25) is 0 Å². The molecule has 0 atom stereocenters. The van der Waals surface area contributed by atoms with Crippen molar-refractivity contribution in [2.24, 2.45) is 0 Å². The topological polar surface area (TPSA) is 43.1 Å². The first-order chi connectivity index (χ1) is 5.77. The molecule has 2 heterocycles. The minimum absolute atomic E-state index is 0.0792. The molecule has 0 aliphatic carbocycles. The second-order valence-corrected chi connectivity index (χ2v) is 2.70. The Balaban J connectivity index is 2.93. The molecule has 2 aromatic heterocycles. The van der Waals surface area contributed by atoms with E-state index in [-0.39, 0.29) is 5.02 Å². The fraction of sp³-hybridized carbons (Fsp3) is 0. The fourth-order valence-electron chi connectivity index (χ4n) is 0.939. The summed E-state index contributed by atoms with van der Waals surface area (Å²) in [4.78, 5) is 14.8. The van der Waals surface area contributed by atoms with Crippen LogP contribution in [-0.2, 0) is 0 Å². The summed E-state index contributed by atoms with van der Waals surface area (Å²) < 4.78 is 4.86. The van der Waals surface area contributed by atoms with Gasteiger partial charge in [0.15, 0.2) is 0 Å². The third-order valence-electron chi connectivity index (χ3n) is 1.49. The number of rotatable bonds is 0. The normalized spacial score (nSPS) is 10.4. The lowest BCUT2D eigenvalue weighted by Gasteiger charge is -1.93. The van der Waals surface area contributed by atoms with Crippen LogP contribution in [0.5, 0.6) is 0 Å². The van der Waals surface area contributed by atoms with Gasteiger partial charge in [-0.2, -0.15) is 0 Å². The predicted molar refractivity (Wildman–Crippen MR) is 45.3 cm³/mol. The summed E-state index contributed by atoms with van der Waals surface area (Å²) in [6, 6.07) is 3.16. The van der Waals surface area contributed by atoms with Crippen molar-refractivity contribution in [2.75, 3.05) is 0 Å². The Kier molecular flexibility index (Phi) is 1.59. The van der Waals surface area contributed by atoms with E-state index in [1.165, 1.54) is 6.07 Å². The lowest BCUT2D eigenvalue weighted by molar-refractivity contribution is 0.561. The van der Waals surface area contributed by atoms with Gasteiger partial charge in [-0.3, -0.25) is 4.98 Å². The first kappa shape index (κ1) is 7.31. The Labute approximate surface area is 72.6 Å². The third kappa shape index (κ3) is 1.08. The molecule has 0 aliphatic heterocycles. The number of hydrogen-bond acceptors (Lipinski definition) is 3. The molecule has 60 valence electrons. The Hall–Kier alpha value is -1.35. The zero-order valence-corrected chi connectivity index (χ0v) is 6.71. The summed E-state index contributed by atoms with van der Waals surface area (Å²) in [5, 5.41) is 0.803. The maximum absolute atomic E-state index is 10.9. The van der Waals surface area contributed by atoms with Crippen LogP contribution < -0.4 is 5.63 Å². The zero-order valence-electron chi connectivity index (χ0n) is 5.95. The lowest BCUT2D eigenvalue weighted by atomic mass is 10.3. The Morgan fingerprint density at radius 3 is 3.17 bits per heavy atom. The highest BCUT2D eigenvalue weighted by Crippen LogP contribution is 2.13. The van der Waals surface area contributed by atoms with Gasteiger partial charge in [-0.1, -0.05) is 11.6 Å². The van der Waals surface area contributed by atoms with Crippen LogP contribution >= 0.6 is 11.6 Å². The zero-order chi connectivity index (χ0) is 8.55. The van der Waals surface area contributed by atoms with E-state index in [9.17, 15) is 4.79 Å². The smallest absolute Gasteiger partial charge is 0.355 e. The fourth-order valence-corrected chi connectivity index (χ4v) is 1.10. The molecule has 0 amide bonds. The van der Waals surface area contributed by atoms with Gasteiger partial charge in [0.05, 0.1) is 0 Å². The van der Waals surface area contributed by atoms with Gasteiger partial charge >= 0.3 is 5.63 Å². The molecule has 0 spiro atoms. The van der Waals surface area contributed by atoms with Crippen molar-refractivity contribution in [2.45, 2.75) is 0 Å². The molecular weight excluding hydrogens is 178 g/mol. The highest BCUT2D eigenvalue weighted by atomic mass is 35.5. The molecule has 2 aromatic rings. The van der Waals surface area contributed by atoms with E-state index < -0.39 is 5.63 Å². The molecule has 0 N–H and O–H groups in total. The molecule has 12 heavy (non-hydrogen) atoms. The van der Waals surface area contributed by atoms with E-state index >= 15 is 0 Å². The van der Waals surface area contributed by atoms with E-state index in [1.807, 2.05) is 0 Å². The largest absolute Gasteiger partial charge is 0.422 e. The summed E-state index contributed by atoms with van der Waals surface area (Å²) in [6.45, 7) is 0. The van der Waals surface area contributed by atoms with E-state index in [0.29, 0.717) is 5.58 Å². The van der Waals surface area contributed by atoms with Crippen molar-refractivity contribution in [3.05, 3.63) is 40.0 Å². The second-order valence-electron chi connectivity index (χ2n) is 2.30. The van der Waals surface area contributed by atoms with Crippen LogP contribution in [-0.4, -0.2) is 4.98 Å². The first-order valence-corrected chi connectivity index (χ1v) is 3.68.